The number of halogens is 2. The van der Waals surface area contributed by atoms with Crippen LogP contribution in [0.25, 0.3) is 0 Å². The fraction of sp³-hybridized carbons (Fsp3) is 0.167. The minimum Gasteiger partial charge on any atom is -0.292 e. The van der Waals surface area contributed by atoms with E-state index in [1.165, 1.54) is 10.7 Å². The highest BCUT2D eigenvalue weighted by Gasteiger charge is 2.13. The van der Waals surface area contributed by atoms with E-state index in [0.29, 0.717) is 0 Å². The maximum absolute atomic E-state index is 13.3. The summed E-state index contributed by atoms with van der Waals surface area (Å²) in [5, 5.41) is 3.92. The molecule has 0 unspecified atom stereocenters. The van der Waals surface area contributed by atoms with Crippen LogP contribution < -0.4 is 0 Å². The van der Waals surface area contributed by atoms with Crippen LogP contribution in [0.1, 0.15) is 16.1 Å². The number of carbonyl (C=O) groups is 1. The number of ketones is 1. The van der Waals surface area contributed by atoms with Gasteiger partial charge < -0.3 is 0 Å². The van der Waals surface area contributed by atoms with Gasteiger partial charge in [0.2, 0.25) is 0 Å². The molecule has 0 saturated carbocycles. The molecule has 0 spiro atoms. The Morgan fingerprint density at radius 2 is 2.12 bits per heavy atom. The lowest BCUT2D eigenvalue weighted by molar-refractivity contribution is 0.0986. The van der Waals surface area contributed by atoms with E-state index in [9.17, 15) is 13.6 Å². The van der Waals surface area contributed by atoms with Crippen molar-refractivity contribution in [1.82, 2.24) is 9.78 Å². The quantitative estimate of drug-likeness (QED) is 0.765. The van der Waals surface area contributed by atoms with Gasteiger partial charge in [0.15, 0.2) is 5.78 Å². The summed E-state index contributed by atoms with van der Waals surface area (Å²) in [6.07, 6.45) is 1.51. The Labute approximate surface area is 96.7 Å². The number of carbonyl (C=O) groups excluding carboxylic acids is 1. The van der Waals surface area contributed by atoms with Gasteiger partial charge in [-0.2, -0.15) is 5.10 Å². The summed E-state index contributed by atoms with van der Waals surface area (Å²) in [7, 11) is 1.69. The summed E-state index contributed by atoms with van der Waals surface area (Å²) >= 11 is 0. The molecule has 88 valence electrons. The van der Waals surface area contributed by atoms with Gasteiger partial charge in [-0.05, 0) is 17.7 Å². The number of aryl methyl sites for hydroxylation is 1. The van der Waals surface area contributed by atoms with Crippen molar-refractivity contribution in [3.63, 3.8) is 0 Å². The van der Waals surface area contributed by atoms with Crippen LogP contribution in [0.5, 0.6) is 0 Å². The predicted octanol–water partition coefficient (Wildman–Crippen LogP) is 2.12. The molecule has 5 heteroatoms. The minimum atomic E-state index is -0.714. The maximum Gasteiger partial charge on any atom is 0.187 e. The molecule has 0 aliphatic heterocycles. The first-order chi connectivity index (χ1) is 8.06. The van der Waals surface area contributed by atoms with E-state index < -0.39 is 11.6 Å². The maximum atomic E-state index is 13.3. The summed E-state index contributed by atoms with van der Waals surface area (Å²) in [5.74, 6) is -1.66. The molecule has 0 atom stereocenters. The van der Waals surface area contributed by atoms with Crippen LogP contribution in [0.2, 0.25) is 0 Å². The van der Waals surface area contributed by atoms with E-state index in [0.717, 1.165) is 12.1 Å². The van der Waals surface area contributed by atoms with Crippen LogP contribution in [0.3, 0.4) is 0 Å². The Bertz CT molecular complexity index is 563. The number of benzene rings is 1. The molecular formula is C12H10F2N2O. The second-order valence-electron chi connectivity index (χ2n) is 3.71. The third kappa shape index (κ3) is 2.55. The molecule has 0 amide bonds. The van der Waals surface area contributed by atoms with Crippen LogP contribution in [0.15, 0.2) is 30.5 Å². The van der Waals surface area contributed by atoms with E-state index in [1.54, 1.807) is 19.3 Å². The van der Waals surface area contributed by atoms with Crippen molar-refractivity contribution >= 4 is 5.78 Å². The third-order valence-electron chi connectivity index (χ3n) is 2.37. The van der Waals surface area contributed by atoms with E-state index in [4.69, 9.17) is 0 Å². The number of hydrogen-bond acceptors (Lipinski definition) is 2. The molecule has 2 rings (SSSR count). The number of aromatic nitrogens is 2. The van der Waals surface area contributed by atoms with Crippen molar-refractivity contribution in [3.8, 4) is 0 Å². The van der Waals surface area contributed by atoms with E-state index in [1.807, 2.05) is 0 Å². The van der Waals surface area contributed by atoms with Crippen molar-refractivity contribution in [2.24, 2.45) is 7.05 Å². The molecule has 0 aliphatic carbocycles. The fourth-order valence-electron chi connectivity index (χ4n) is 1.49. The Hall–Kier alpha value is -2.04. The lowest BCUT2D eigenvalue weighted by atomic mass is 10.1. The molecule has 2 aromatic rings. The number of Topliss-reactive ketones (excluding diaryl/α,β-unsaturated/α-hetero) is 1. The smallest absolute Gasteiger partial charge is 0.187 e. The Morgan fingerprint density at radius 3 is 2.71 bits per heavy atom. The summed E-state index contributed by atoms with van der Waals surface area (Å²) in [4.78, 5) is 11.7. The monoisotopic (exact) mass is 236 g/mol. The van der Waals surface area contributed by atoms with Crippen LogP contribution in [0, 0.1) is 11.6 Å². The van der Waals surface area contributed by atoms with Crippen molar-refractivity contribution in [1.29, 1.82) is 0 Å². The van der Waals surface area contributed by atoms with E-state index >= 15 is 0 Å². The first-order valence-electron chi connectivity index (χ1n) is 5.03. The van der Waals surface area contributed by atoms with Crippen molar-refractivity contribution in [2.75, 3.05) is 0 Å². The normalized spacial score (nSPS) is 10.5. The molecule has 1 aromatic heterocycles. The van der Waals surface area contributed by atoms with Gasteiger partial charge in [-0.15, -0.1) is 0 Å². The van der Waals surface area contributed by atoms with Gasteiger partial charge in [0.05, 0.1) is 0 Å². The molecule has 0 bridgehead atoms. The molecule has 0 aliphatic rings. The highest BCUT2D eigenvalue weighted by atomic mass is 19.1. The molecule has 1 aromatic carbocycles. The van der Waals surface area contributed by atoms with Crippen LogP contribution >= 0.6 is 0 Å². The van der Waals surface area contributed by atoms with E-state index in [2.05, 4.69) is 5.10 Å². The lowest BCUT2D eigenvalue weighted by Crippen LogP contribution is -2.07. The zero-order valence-corrected chi connectivity index (χ0v) is 9.15. The third-order valence-corrected chi connectivity index (χ3v) is 2.37. The van der Waals surface area contributed by atoms with Gasteiger partial charge in [0.1, 0.15) is 17.3 Å². The molecule has 0 saturated heterocycles. The van der Waals surface area contributed by atoms with Gasteiger partial charge in [-0.3, -0.25) is 9.48 Å². The molecular weight excluding hydrogens is 226 g/mol. The minimum absolute atomic E-state index is 0.122. The molecule has 0 radical (unpaired) electrons. The average Bonchev–Trinajstić information content (AvgIpc) is 2.69. The van der Waals surface area contributed by atoms with Crippen LogP contribution in [-0.4, -0.2) is 15.6 Å². The average molecular weight is 236 g/mol. The van der Waals surface area contributed by atoms with Crippen LogP contribution in [0.4, 0.5) is 8.78 Å². The van der Waals surface area contributed by atoms with Crippen molar-refractivity contribution in [2.45, 2.75) is 6.42 Å². The number of rotatable bonds is 3. The SMILES string of the molecule is Cn1ccc(C(=O)Cc2ccc(F)cc2F)n1. The highest BCUT2D eigenvalue weighted by molar-refractivity contribution is 5.95. The second-order valence-corrected chi connectivity index (χ2v) is 3.71. The van der Waals surface area contributed by atoms with Crippen molar-refractivity contribution < 1.29 is 13.6 Å². The largest absolute Gasteiger partial charge is 0.292 e. The first kappa shape index (κ1) is 11.4. The van der Waals surface area contributed by atoms with E-state index in [-0.39, 0.29) is 23.5 Å². The summed E-state index contributed by atoms with van der Waals surface area (Å²) in [6.45, 7) is 0. The van der Waals surface area contributed by atoms with Gasteiger partial charge >= 0.3 is 0 Å². The standard InChI is InChI=1S/C12H10F2N2O/c1-16-5-4-11(15-16)12(17)6-8-2-3-9(13)7-10(8)14/h2-5,7H,6H2,1H3. The second kappa shape index (κ2) is 4.45. The summed E-state index contributed by atoms with van der Waals surface area (Å²) in [6, 6.07) is 4.72. The van der Waals surface area contributed by atoms with Gasteiger partial charge in [0, 0.05) is 25.7 Å². The van der Waals surface area contributed by atoms with Crippen molar-refractivity contribution in [3.05, 3.63) is 53.4 Å². The molecule has 1 heterocycles. The molecule has 0 fully saturated rings. The topological polar surface area (TPSA) is 34.9 Å². The summed E-state index contributed by atoms with van der Waals surface area (Å²) in [5.41, 5.74) is 0.443. The van der Waals surface area contributed by atoms with Crippen LogP contribution in [-0.2, 0) is 13.5 Å². The van der Waals surface area contributed by atoms with Gasteiger partial charge in [0.25, 0.3) is 0 Å². The fourth-order valence-corrected chi connectivity index (χ4v) is 1.49. The summed E-state index contributed by atoms with van der Waals surface area (Å²) < 4.78 is 27.5. The number of hydrogen-bond donors (Lipinski definition) is 0. The predicted molar refractivity (Wildman–Crippen MR) is 57.6 cm³/mol. The molecule has 3 nitrogen and oxygen atoms in total. The lowest BCUT2D eigenvalue weighted by Gasteiger charge is -2.01. The Morgan fingerprint density at radius 1 is 1.35 bits per heavy atom. The number of nitrogens with zero attached hydrogens (tertiary/aromatic N) is 2. The Balaban J connectivity index is 2.18. The van der Waals surface area contributed by atoms with Gasteiger partial charge in [-0.25, -0.2) is 8.78 Å². The van der Waals surface area contributed by atoms with Gasteiger partial charge in [-0.1, -0.05) is 6.07 Å². The zero-order chi connectivity index (χ0) is 12.4. The first-order valence-corrected chi connectivity index (χ1v) is 5.03. The molecule has 17 heavy (non-hydrogen) atoms. The Kier molecular flexibility index (Phi) is 2.99. The highest BCUT2D eigenvalue weighted by Crippen LogP contribution is 2.12. The zero-order valence-electron chi connectivity index (χ0n) is 9.15. The molecule has 0 N–H and O–H groups in total.